The number of nitrogens with one attached hydrogen (secondary N) is 1. The third-order valence-electron chi connectivity index (χ3n) is 2.98. The molecule has 0 aliphatic rings. The minimum Gasteiger partial charge on any atom is -0.493 e. The molecule has 0 fully saturated rings. The molecule has 1 rings (SSSR count). The lowest BCUT2D eigenvalue weighted by molar-refractivity contribution is -0.139. The van der Waals surface area contributed by atoms with Crippen molar-refractivity contribution in [3.63, 3.8) is 0 Å². The summed E-state index contributed by atoms with van der Waals surface area (Å²) in [6.07, 6.45) is -0.739. The summed E-state index contributed by atoms with van der Waals surface area (Å²) >= 11 is 0. The Morgan fingerprint density at radius 3 is 2.46 bits per heavy atom. The number of hydrogen-bond acceptors (Lipinski definition) is 5. The van der Waals surface area contributed by atoms with E-state index in [9.17, 15) is 14.7 Å². The molecular weight excluding hydrogens is 314 g/mol. The molecule has 0 radical (unpaired) electrons. The lowest BCUT2D eigenvalue weighted by atomic mass is 10.0. The SMILES string of the molecule is CCOc1c(CC(NC(=O)OC(C)(C)C)C(=O)O)cccc1OC. The molecule has 1 atom stereocenters. The molecule has 0 spiro atoms. The molecule has 0 saturated carbocycles. The van der Waals surface area contributed by atoms with Gasteiger partial charge in [0.05, 0.1) is 13.7 Å². The maximum Gasteiger partial charge on any atom is 0.408 e. The third kappa shape index (κ3) is 5.98. The number of carbonyl (C=O) groups is 2. The number of carbonyl (C=O) groups excluding carboxylic acids is 1. The van der Waals surface area contributed by atoms with Gasteiger partial charge in [-0.05, 0) is 33.8 Å². The minimum absolute atomic E-state index is 0.0428. The van der Waals surface area contributed by atoms with E-state index in [4.69, 9.17) is 14.2 Å². The van der Waals surface area contributed by atoms with Crippen LogP contribution < -0.4 is 14.8 Å². The van der Waals surface area contributed by atoms with Gasteiger partial charge in [-0.3, -0.25) is 0 Å². The van der Waals surface area contributed by atoms with Gasteiger partial charge in [0.25, 0.3) is 0 Å². The van der Waals surface area contributed by atoms with Gasteiger partial charge in [-0.2, -0.15) is 0 Å². The van der Waals surface area contributed by atoms with Gasteiger partial charge < -0.3 is 24.6 Å². The molecular formula is C17H25NO6. The number of para-hydroxylation sites is 1. The highest BCUT2D eigenvalue weighted by atomic mass is 16.6. The Hall–Kier alpha value is -2.44. The topological polar surface area (TPSA) is 94.1 Å². The molecule has 0 aliphatic heterocycles. The van der Waals surface area contributed by atoms with Crippen LogP contribution in [0.15, 0.2) is 18.2 Å². The van der Waals surface area contributed by atoms with Crippen LogP contribution in [0, 0.1) is 0 Å². The number of alkyl carbamates (subject to hydrolysis) is 1. The average Bonchev–Trinajstić information content (AvgIpc) is 2.46. The second-order valence-corrected chi connectivity index (χ2v) is 6.12. The monoisotopic (exact) mass is 339 g/mol. The Labute approximate surface area is 141 Å². The van der Waals surface area contributed by atoms with Gasteiger partial charge in [0.2, 0.25) is 0 Å². The highest BCUT2D eigenvalue weighted by Gasteiger charge is 2.26. The first-order valence-corrected chi connectivity index (χ1v) is 7.69. The molecule has 1 aromatic carbocycles. The Morgan fingerprint density at radius 1 is 1.29 bits per heavy atom. The maximum atomic E-state index is 11.8. The molecule has 134 valence electrons. The summed E-state index contributed by atoms with van der Waals surface area (Å²) in [4.78, 5) is 23.3. The van der Waals surface area contributed by atoms with Crippen molar-refractivity contribution >= 4 is 12.1 Å². The van der Waals surface area contributed by atoms with Crippen LogP contribution in [0.2, 0.25) is 0 Å². The first-order chi connectivity index (χ1) is 11.2. The van der Waals surface area contributed by atoms with Crippen LogP contribution in [-0.2, 0) is 16.0 Å². The first kappa shape index (κ1) is 19.6. The van der Waals surface area contributed by atoms with E-state index in [-0.39, 0.29) is 6.42 Å². The van der Waals surface area contributed by atoms with Crippen molar-refractivity contribution in [1.29, 1.82) is 0 Å². The van der Waals surface area contributed by atoms with Gasteiger partial charge in [0.15, 0.2) is 11.5 Å². The summed E-state index contributed by atoms with van der Waals surface area (Å²) < 4.78 is 15.9. The Morgan fingerprint density at radius 2 is 1.96 bits per heavy atom. The number of aliphatic carboxylic acids is 1. The van der Waals surface area contributed by atoms with Gasteiger partial charge in [0.1, 0.15) is 11.6 Å². The van der Waals surface area contributed by atoms with Crippen molar-refractivity contribution in [2.24, 2.45) is 0 Å². The van der Waals surface area contributed by atoms with E-state index in [0.717, 1.165) is 0 Å². The van der Waals surface area contributed by atoms with Crippen LogP contribution in [0.25, 0.3) is 0 Å². The van der Waals surface area contributed by atoms with Crippen molar-refractivity contribution in [2.75, 3.05) is 13.7 Å². The number of methoxy groups -OCH3 is 1. The molecule has 1 unspecified atom stereocenters. The quantitative estimate of drug-likeness (QED) is 0.793. The normalized spacial score (nSPS) is 12.2. The maximum absolute atomic E-state index is 11.8. The van der Waals surface area contributed by atoms with E-state index in [1.807, 2.05) is 6.92 Å². The van der Waals surface area contributed by atoms with E-state index >= 15 is 0 Å². The first-order valence-electron chi connectivity index (χ1n) is 7.69. The summed E-state index contributed by atoms with van der Waals surface area (Å²) in [7, 11) is 1.51. The van der Waals surface area contributed by atoms with E-state index < -0.39 is 23.7 Å². The van der Waals surface area contributed by atoms with Crippen LogP contribution in [0.4, 0.5) is 4.79 Å². The summed E-state index contributed by atoms with van der Waals surface area (Å²) in [6.45, 7) is 7.35. The lowest BCUT2D eigenvalue weighted by Gasteiger charge is -2.22. The number of carboxylic acid groups (broad SMARTS) is 1. The summed E-state index contributed by atoms with van der Waals surface area (Å²) in [5.74, 6) is -0.179. The predicted molar refractivity (Wildman–Crippen MR) is 88.7 cm³/mol. The van der Waals surface area contributed by atoms with Crippen molar-refractivity contribution in [1.82, 2.24) is 5.32 Å². The van der Waals surface area contributed by atoms with Gasteiger partial charge in [0, 0.05) is 12.0 Å². The van der Waals surface area contributed by atoms with Crippen LogP contribution in [-0.4, -0.2) is 42.5 Å². The average molecular weight is 339 g/mol. The standard InChI is InChI=1S/C17H25NO6/c1-6-23-14-11(8-7-9-13(14)22-5)10-12(15(19)20)18-16(21)24-17(2,3)4/h7-9,12H,6,10H2,1-5H3,(H,18,21)(H,19,20). The van der Waals surface area contributed by atoms with Crippen LogP contribution in [0.5, 0.6) is 11.5 Å². The smallest absolute Gasteiger partial charge is 0.408 e. The molecule has 24 heavy (non-hydrogen) atoms. The molecule has 1 amide bonds. The van der Waals surface area contributed by atoms with E-state index in [0.29, 0.717) is 23.7 Å². The highest BCUT2D eigenvalue weighted by molar-refractivity contribution is 5.80. The largest absolute Gasteiger partial charge is 0.493 e. The van der Waals surface area contributed by atoms with E-state index in [1.54, 1.807) is 39.0 Å². The molecule has 7 heteroatoms. The minimum atomic E-state index is -1.16. The fourth-order valence-corrected chi connectivity index (χ4v) is 2.06. The molecule has 0 aliphatic carbocycles. The third-order valence-corrected chi connectivity index (χ3v) is 2.98. The van der Waals surface area contributed by atoms with Crippen molar-refractivity contribution in [2.45, 2.75) is 45.8 Å². The van der Waals surface area contributed by atoms with Gasteiger partial charge in [-0.25, -0.2) is 9.59 Å². The number of ether oxygens (including phenoxy) is 3. The molecule has 7 nitrogen and oxygen atoms in total. The highest BCUT2D eigenvalue weighted by Crippen LogP contribution is 2.32. The molecule has 0 heterocycles. The zero-order valence-electron chi connectivity index (χ0n) is 14.7. The lowest BCUT2D eigenvalue weighted by Crippen LogP contribution is -2.44. The number of carboxylic acids is 1. The van der Waals surface area contributed by atoms with Crippen LogP contribution in [0.3, 0.4) is 0 Å². The number of amides is 1. The van der Waals surface area contributed by atoms with Crippen molar-refractivity contribution < 1.29 is 28.9 Å². The number of rotatable bonds is 7. The fraction of sp³-hybridized carbons (Fsp3) is 0.529. The van der Waals surface area contributed by atoms with E-state index in [1.165, 1.54) is 7.11 Å². The molecule has 0 aromatic heterocycles. The number of benzene rings is 1. The van der Waals surface area contributed by atoms with Crippen LogP contribution in [0.1, 0.15) is 33.3 Å². The van der Waals surface area contributed by atoms with E-state index in [2.05, 4.69) is 5.32 Å². The molecule has 0 saturated heterocycles. The molecule has 0 bridgehead atoms. The summed E-state index contributed by atoms with van der Waals surface area (Å²) in [5, 5.41) is 11.8. The predicted octanol–water partition coefficient (Wildman–Crippen LogP) is 2.61. The van der Waals surface area contributed by atoms with Crippen molar-refractivity contribution in [3.05, 3.63) is 23.8 Å². The molecule has 2 N–H and O–H groups in total. The second kappa shape index (κ2) is 8.42. The van der Waals surface area contributed by atoms with Crippen LogP contribution >= 0.6 is 0 Å². The second-order valence-electron chi connectivity index (χ2n) is 6.12. The zero-order chi connectivity index (χ0) is 18.3. The summed E-state index contributed by atoms with van der Waals surface area (Å²) in [5.41, 5.74) is -0.0841. The zero-order valence-corrected chi connectivity index (χ0v) is 14.7. The Kier molecular flexibility index (Phi) is 6.88. The number of hydrogen-bond donors (Lipinski definition) is 2. The summed E-state index contributed by atoms with van der Waals surface area (Å²) in [6, 6.07) is 4.06. The fourth-order valence-electron chi connectivity index (χ4n) is 2.06. The Bertz CT molecular complexity index is 579. The van der Waals surface area contributed by atoms with Crippen molar-refractivity contribution in [3.8, 4) is 11.5 Å². The van der Waals surface area contributed by atoms with Gasteiger partial charge >= 0.3 is 12.1 Å². The van der Waals surface area contributed by atoms with Gasteiger partial charge in [-0.1, -0.05) is 12.1 Å². The Balaban J connectivity index is 2.97. The molecule has 1 aromatic rings. The van der Waals surface area contributed by atoms with Gasteiger partial charge in [-0.15, -0.1) is 0 Å².